The van der Waals surface area contributed by atoms with Gasteiger partial charge in [-0.1, -0.05) is 41.9 Å². The Morgan fingerprint density at radius 1 is 0.893 bits per heavy atom. The SMILES string of the molecule is Cl.Nc1ccccc1CCC(=O)N1CCN(C(=O)Cc2ccc(Cl)cc2)CC1. The van der Waals surface area contributed by atoms with E-state index in [2.05, 4.69) is 0 Å². The average Bonchev–Trinajstić information content (AvgIpc) is 2.69. The Morgan fingerprint density at radius 2 is 1.46 bits per heavy atom. The van der Waals surface area contributed by atoms with Crippen molar-refractivity contribution in [1.29, 1.82) is 0 Å². The number of nitrogen functional groups attached to an aromatic ring is 1. The van der Waals surface area contributed by atoms with Crippen LogP contribution in [-0.2, 0) is 22.4 Å². The molecule has 5 nitrogen and oxygen atoms in total. The summed E-state index contributed by atoms with van der Waals surface area (Å²) >= 11 is 5.88. The summed E-state index contributed by atoms with van der Waals surface area (Å²) < 4.78 is 0. The predicted octanol–water partition coefficient (Wildman–Crippen LogP) is 3.19. The molecule has 0 spiro atoms. The lowest BCUT2D eigenvalue weighted by molar-refractivity contribution is -0.139. The Labute approximate surface area is 176 Å². The lowest BCUT2D eigenvalue weighted by Gasteiger charge is -2.35. The maximum atomic E-state index is 12.5. The smallest absolute Gasteiger partial charge is 0.227 e. The molecule has 2 aromatic carbocycles. The number of nitrogens with zero attached hydrogens (tertiary/aromatic N) is 2. The number of hydrogen-bond acceptors (Lipinski definition) is 3. The average molecular weight is 422 g/mol. The first kappa shape index (κ1) is 22.1. The van der Waals surface area contributed by atoms with E-state index in [1.54, 1.807) is 12.1 Å². The number of piperazine rings is 1. The molecule has 0 unspecified atom stereocenters. The van der Waals surface area contributed by atoms with Crippen LogP contribution in [0.5, 0.6) is 0 Å². The van der Waals surface area contributed by atoms with Gasteiger partial charge in [0.2, 0.25) is 11.8 Å². The van der Waals surface area contributed by atoms with Crippen LogP contribution in [-0.4, -0.2) is 47.8 Å². The number of rotatable bonds is 5. The van der Waals surface area contributed by atoms with Crippen molar-refractivity contribution < 1.29 is 9.59 Å². The third-order valence-corrected chi connectivity index (χ3v) is 5.17. The Kier molecular flexibility index (Phi) is 8.15. The number of carbonyl (C=O) groups is 2. The quantitative estimate of drug-likeness (QED) is 0.753. The molecule has 1 aliphatic heterocycles. The molecule has 1 fully saturated rings. The van der Waals surface area contributed by atoms with Gasteiger partial charge in [0.25, 0.3) is 0 Å². The summed E-state index contributed by atoms with van der Waals surface area (Å²) in [5, 5.41) is 0.663. The minimum Gasteiger partial charge on any atom is -0.399 e. The molecule has 3 rings (SSSR count). The van der Waals surface area contributed by atoms with E-state index in [0.717, 1.165) is 16.8 Å². The van der Waals surface area contributed by atoms with Gasteiger partial charge in [-0.3, -0.25) is 9.59 Å². The topological polar surface area (TPSA) is 66.6 Å². The summed E-state index contributed by atoms with van der Waals surface area (Å²) in [5.41, 5.74) is 8.61. The number of aryl methyl sites for hydroxylation is 1. The van der Waals surface area contributed by atoms with Crippen LogP contribution < -0.4 is 5.73 Å². The first-order valence-corrected chi connectivity index (χ1v) is 9.54. The molecular weight excluding hydrogens is 397 g/mol. The Morgan fingerprint density at radius 3 is 2.07 bits per heavy atom. The van der Waals surface area contributed by atoms with Crippen molar-refractivity contribution >= 4 is 41.5 Å². The molecule has 0 radical (unpaired) electrons. The third-order valence-electron chi connectivity index (χ3n) is 4.92. The normalized spacial score (nSPS) is 13.8. The molecule has 2 aromatic rings. The van der Waals surface area contributed by atoms with Crippen LogP contribution in [0.25, 0.3) is 0 Å². The van der Waals surface area contributed by atoms with Crippen LogP contribution in [0.2, 0.25) is 5.02 Å². The van der Waals surface area contributed by atoms with Crippen molar-refractivity contribution in [3.8, 4) is 0 Å². The minimum atomic E-state index is 0. The standard InChI is InChI=1S/C21H24ClN3O2.ClH/c22-18-8-5-16(6-9-18)15-21(27)25-13-11-24(12-14-25)20(26)10-7-17-3-1-2-4-19(17)23;/h1-6,8-9H,7,10-15,23H2;1H. The second-order valence-electron chi connectivity index (χ2n) is 6.76. The summed E-state index contributed by atoms with van der Waals surface area (Å²) in [6, 6.07) is 15.0. The van der Waals surface area contributed by atoms with Crippen molar-refractivity contribution in [1.82, 2.24) is 9.80 Å². The fraction of sp³-hybridized carbons (Fsp3) is 0.333. The van der Waals surface area contributed by atoms with Crippen LogP contribution in [0.15, 0.2) is 48.5 Å². The molecule has 2 N–H and O–H groups in total. The third kappa shape index (κ3) is 5.88. The zero-order chi connectivity index (χ0) is 19.2. The van der Waals surface area contributed by atoms with Crippen LogP contribution >= 0.6 is 24.0 Å². The molecule has 150 valence electrons. The number of para-hydroxylation sites is 1. The van der Waals surface area contributed by atoms with Gasteiger partial charge < -0.3 is 15.5 Å². The van der Waals surface area contributed by atoms with Crippen molar-refractivity contribution in [2.45, 2.75) is 19.3 Å². The van der Waals surface area contributed by atoms with Crippen LogP contribution in [0.4, 0.5) is 5.69 Å². The van der Waals surface area contributed by atoms with Gasteiger partial charge in [-0.25, -0.2) is 0 Å². The van der Waals surface area contributed by atoms with Gasteiger partial charge in [0, 0.05) is 43.3 Å². The first-order chi connectivity index (χ1) is 13.0. The molecule has 1 aliphatic rings. The van der Waals surface area contributed by atoms with Crippen LogP contribution in [0, 0.1) is 0 Å². The zero-order valence-corrected chi connectivity index (χ0v) is 17.2. The molecule has 28 heavy (non-hydrogen) atoms. The number of carbonyl (C=O) groups excluding carboxylic acids is 2. The van der Waals surface area contributed by atoms with Gasteiger partial charge in [0.1, 0.15) is 0 Å². The monoisotopic (exact) mass is 421 g/mol. The highest BCUT2D eigenvalue weighted by atomic mass is 35.5. The predicted molar refractivity (Wildman–Crippen MR) is 115 cm³/mol. The molecule has 1 heterocycles. The largest absolute Gasteiger partial charge is 0.399 e. The first-order valence-electron chi connectivity index (χ1n) is 9.16. The van der Waals surface area contributed by atoms with Crippen molar-refractivity contribution in [3.05, 3.63) is 64.7 Å². The summed E-state index contributed by atoms with van der Waals surface area (Å²) in [6.07, 6.45) is 1.44. The second-order valence-corrected chi connectivity index (χ2v) is 7.20. The molecule has 2 amide bonds. The number of benzene rings is 2. The molecule has 7 heteroatoms. The van der Waals surface area contributed by atoms with Gasteiger partial charge in [0.05, 0.1) is 6.42 Å². The fourth-order valence-electron chi connectivity index (χ4n) is 3.26. The zero-order valence-electron chi connectivity index (χ0n) is 15.6. The van der Waals surface area contributed by atoms with Crippen molar-refractivity contribution in [2.24, 2.45) is 0 Å². The molecule has 0 bridgehead atoms. The fourth-order valence-corrected chi connectivity index (χ4v) is 3.38. The summed E-state index contributed by atoms with van der Waals surface area (Å²) in [6.45, 7) is 2.31. The molecule has 0 saturated carbocycles. The molecule has 1 saturated heterocycles. The Bertz CT molecular complexity index is 804. The molecular formula is C21H25Cl2N3O2. The van der Waals surface area contributed by atoms with Crippen molar-refractivity contribution in [2.75, 3.05) is 31.9 Å². The van der Waals surface area contributed by atoms with E-state index >= 15 is 0 Å². The minimum absolute atomic E-state index is 0. The van der Waals surface area contributed by atoms with E-state index in [0.29, 0.717) is 50.5 Å². The van der Waals surface area contributed by atoms with E-state index in [1.807, 2.05) is 46.2 Å². The highest BCUT2D eigenvalue weighted by Gasteiger charge is 2.24. The van der Waals surface area contributed by atoms with E-state index in [9.17, 15) is 9.59 Å². The van der Waals surface area contributed by atoms with Gasteiger partial charge >= 0.3 is 0 Å². The molecule has 0 atom stereocenters. The summed E-state index contributed by atoms with van der Waals surface area (Å²) in [4.78, 5) is 28.6. The van der Waals surface area contributed by atoms with Gasteiger partial charge in [0.15, 0.2) is 0 Å². The van der Waals surface area contributed by atoms with Gasteiger partial charge in [-0.2, -0.15) is 0 Å². The van der Waals surface area contributed by atoms with Gasteiger partial charge in [-0.15, -0.1) is 12.4 Å². The Hall–Kier alpha value is -2.24. The highest BCUT2D eigenvalue weighted by Crippen LogP contribution is 2.15. The number of nitrogens with two attached hydrogens (primary N) is 1. The lowest BCUT2D eigenvalue weighted by Crippen LogP contribution is -2.51. The van der Waals surface area contributed by atoms with Crippen molar-refractivity contribution in [3.63, 3.8) is 0 Å². The van der Waals surface area contributed by atoms with E-state index in [-0.39, 0.29) is 24.2 Å². The number of amides is 2. The van der Waals surface area contributed by atoms with Crippen LogP contribution in [0.1, 0.15) is 17.5 Å². The van der Waals surface area contributed by atoms with E-state index in [4.69, 9.17) is 17.3 Å². The van der Waals surface area contributed by atoms with Crippen LogP contribution in [0.3, 0.4) is 0 Å². The molecule has 0 aromatic heterocycles. The lowest BCUT2D eigenvalue weighted by atomic mass is 10.1. The Balaban J connectivity index is 0.00000280. The van der Waals surface area contributed by atoms with E-state index in [1.165, 1.54) is 0 Å². The number of anilines is 1. The van der Waals surface area contributed by atoms with E-state index < -0.39 is 0 Å². The summed E-state index contributed by atoms with van der Waals surface area (Å²) in [5.74, 6) is 0.199. The highest BCUT2D eigenvalue weighted by molar-refractivity contribution is 6.30. The number of hydrogen-bond donors (Lipinski definition) is 1. The molecule has 0 aliphatic carbocycles. The number of halogens is 2. The second kappa shape index (κ2) is 10.3. The van der Waals surface area contributed by atoms with Gasteiger partial charge in [-0.05, 0) is 35.7 Å². The maximum Gasteiger partial charge on any atom is 0.227 e. The maximum absolute atomic E-state index is 12.5. The summed E-state index contributed by atoms with van der Waals surface area (Å²) in [7, 11) is 0.